The van der Waals surface area contributed by atoms with Crippen LogP contribution in [0.25, 0.3) is 16.8 Å². The maximum atomic E-state index is 12.4. The molecule has 25 heavy (non-hydrogen) atoms. The van der Waals surface area contributed by atoms with Gasteiger partial charge in [0.2, 0.25) is 5.76 Å². The van der Waals surface area contributed by atoms with Gasteiger partial charge in [-0.1, -0.05) is 18.2 Å². The fraction of sp³-hybridized carbons (Fsp3) is 0.100. The number of furan rings is 1. The Bertz CT molecular complexity index is 965. The normalized spacial score (nSPS) is 11.0. The fourth-order valence-corrected chi connectivity index (χ4v) is 2.47. The molecule has 1 heterocycles. The SMILES string of the molecule is COC(=O)c1occc1/C=C/C(=O)c1ccc2cc(OC)ccc2c1. The van der Waals surface area contributed by atoms with E-state index in [9.17, 15) is 9.59 Å². The number of esters is 1. The van der Waals surface area contributed by atoms with Crippen molar-refractivity contribution < 1.29 is 23.5 Å². The number of methoxy groups -OCH3 is 2. The van der Waals surface area contributed by atoms with Gasteiger partial charge in [-0.25, -0.2) is 4.79 Å². The molecule has 0 bridgehead atoms. The summed E-state index contributed by atoms with van der Waals surface area (Å²) in [6.45, 7) is 0. The second-order valence-electron chi connectivity index (χ2n) is 5.32. The molecule has 0 aliphatic carbocycles. The van der Waals surface area contributed by atoms with Crippen molar-refractivity contribution in [3.05, 3.63) is 71.7 Å². The molecule has 5 heteroatoms. The maximum absolute atomic E-state index is 12.4. The Morgan fingerprint density at radius 1 is 1.00 bits per heavy atom. The Morgan fingerprint density at radius 2 is 1.76 bits per heavy atom. The third-order valence-electron chi connectivity index (χ3n) is 3.81. The minimum atomic E-state index is -0.586. The molecule has 0 saturated carbocycles. The van der Waals surface area contributed by atoms with E-state index in [-0.39, 0.29) is 11.5 Å². The average Bonchev–Trinajstić information content (AvgIpc) is 3.13. The van der Waals surface area contributed by atoms with Crippen molar-refractivity contribution >= 4 is 28.6 Å². The molecule has 126 valence electrons. The highest BCUT2D eigenvalue weighted by Crippen LogP contribution is 2.22. The lowest BCUT2D eigenvalue weighted by atomic mass is 10.0. The Kier molecular flexibility index (Phi) is 4.66. The van der Waals surface area contributed by atoms with Gasteiger partial charge < -0.3 is 13.9 Å². The zero-order chi connectivity index (χ0) is 17.8. The number of hydrogen-bond donors (Lipinski definition) is 0. The molecular formula is C20H16O5. The smallest absolute Gasteiger partial charge is 0.374 e. The molecule has 0 aliphatic rings. The molecule has 2 aromatic carbocycles. The third-order valence-corrected chi connectivity index (χ3v) is 3.81. The first kappa shape index (κ1) is 16.5. The molecule has 3 aromatic rings. The number of allylic oxidation sites excluding steroid dienone is 1. The predicted octanol–water partition coefficient (Wildman–Crippen LogP) is 4.12. The second kappa shape index (κ2) is 7.05. The molecular weight excluding hydrogens is 320 g/mol. The van der Waals surface area contributed by atoms with Crippen LogP contribution in [-0.4, -0.2) is 26.0 Å². The molecule has 0 aliphatic heterocycles. The van der Waals surface area contributed by atoms with Crippen molar-refractivity contribution in [3.63, 3.8) is 0 Å². The maximum Gasteiger partial charge on any atom is 0.374 e. The van der Waals surface area contributed by atoms with Crippen LogP contribution in [0, 0.1) is 0 Å². The summed E-state index contributed by atoms with van der Waals surface area (Å²) in [5.74, 6) is 0.0745. The Balaban J connectivity index is 1.85. The van der Waals surface area contributed by atoms with Gasteiger partial charge in [0, 0.05) is 11.1 Å². The number of ether oxygens (including phenoxy) is 2. The van der Waals surface area contributed by atoms with Crippen LogP contribution >= 0.6 is 0 Å². The highest BCUT2D eigenvalue weighted by atomic mass is 16.5. The molecule has 0 amide bonds. The molecule has 0 saturated heterocycles. The van der Waals surface area contributed by atoms with Gasteiger partial charge in [0.15, 0.2) is 5.78 Å². The quantitative estimate of drug-likeness (QED) is 0.398. The van der Waals surface area contributed by atoms with Crippen LogP contribution in [0.3, 0.4) is 0 Å². The minimum Gasteiger partial charge on any atom is -0.497 e. The predicted molar refractivity (Wildman–Crippen MR) is 93.9 cm³/mol. The van der Waals surface area contributed by atoms with Crippen molar-refractivity contribution in [2.24, 2.45) is 0 Å². The summed E-state index contributed by atoms with van der Waals surface area (Å²) in [4.78, 5) is 24.0. The number of carbonyl (C=O) groups excluding carboxylic acids is 2. The van der Waals surface area contributed by atoms with Gasteiger partial charge in [-0.3, -0.25) is 4.79 Å². The number of rotatable bonds is 5. The Hall–Kier alpha value is -3.34. The summed E-state index contributed by atoms with van der Waals surface area (Å²) < 4.78 is 14.9. The van der Waals surface area contributed by atoms with E-state index < -0.39 is 5.97 Å². The molecule has 5 nitrogen and oxygen atoms in total. The molecule has 0 atom stereocenters. The van der Waals surface area contributed by atoms with Crippen LogP contribution in [0.1, 0.15) is 26.5 Å². The highest BCUT2D eigenvalue weighted by molar-refractivity contribution is 6.09. The zero-order valence-electron chi connectivity index (χ0n) is 13.8. The number of hydrogen-bond acceptors (Lipinski definition) is 5. The molecule has 0 N–H and O–H groups in total. The first-order valence-electron chi connectivity index (χ1n) is 7.58. The van der Waals surface area contributed by atoms with Crippen LogP contribution in [0.4, 0.5) is 0 Å². The summed E-state index contributed by atoms with van der Waals surface area (Å²) in [7, 11) is 2.88. The van der Waals surface area contributed by atoms with Gasteiger partial charge in [0.1, 0.15) is 5.75 Å². The van der Waals surface area contributed by atoms with Crippen LogP contribution in [0.5, 0.6) is 5.75 Å². The van der Waals surface area contributed by atoms with Crippen molar-refractivity contribution in [2.45, 2.75) is 0 Å². The molecule has 0 fully saturated rings. The minimum absolute atomic E-state index is 0.0668. The monoisotopic (exact) mass is 336 g/mol. The number of benzene rings is 2. The van der Waals surface area contributed by atoms with E-state index >= 15 is 0 Å². The van der Waals surface area contributed by atoms with Gasteiger partial charge in [-0.05, 0) is 47.2 Å². The van der Waals surface area contributed by atoms with Crippen molar-refractivity contribution in [1.82, 2.24) is 0 Å². The van der Waals surface area contributed by atoms with Crippen molar-refractivity contribution in [3.8, 4) is 5.75 Å². The summed E-state index contributed by atoms with van der Waals surface area (Å²) >= 11 is 0. The highest BCUT2D eigenvalue weighted by Gasteiger charge is 2.14. The van der Waals surface area contributed by atoms with E-state index in [1.165, 1.54) is 25.5 Å². The standard InChI is InChI=1S/C20H16O5/c1-23-17-7-5-14-11-16(4-3-15(14)12-17)18(21)8-6-13-9-10-25-19(13)20(22)24-2/h3-12H,1-2H3/b8-6+. The number of fused-ring (bicyclic) bond motifs is 1. The molecule has 0 unspecified atom stereocenters. The molecule has 1 aromatic heterocycles. The van der Waals surface area contributed by atoms with Crippen LogP contribution in [0.2, 0.25) is 0 Å². The molecule has 0 spiro atoms. The topological polar surface area (TPSA) is 65.7 Å². The van der Waals surface area contributed by atoms with Crippen LogP contribution < -0.4 is 4.74 Å². The van der Waals surface area contributed by atoms with Gasteiger partial charge in [0.25, 0.3) is 0 Å². The van der Waals surface area contributed by atoms with E-state index in [4.69, 9.17) is 9.15 Å². The second-order valence-corrected chi connectivity index (χ2v) is 5.32. The summed E-state index contributed by atoms with van der Waals surface area (Å²) in [6, 6.07) is 12.7. The van der Waals surface area contributed by atoms with Gasteiger partial charge in [-0.2, -0.15) is 0 Å². The van der Waals surface area contributed by atoms with Crippen LogP contribution in [0.15, 0.2) is 59.2 Å². The summed E-state index contributed by atoms with van der Waals surface area (Å²) in [5, 5.41) is 1.93. The fourth-order valence-electron chi connectivity index (χ4n) is 2.47. The van der Waals surface area contributed by atoms with Crippen LogP contribution in [-0.2, 0) is 4.74 Å². The van der Waals surface area contributed by atoms with E-state index in [0.29, 0.717) is 11.1 Å². The lowest BCUT2D eigenvalue weighted by molar-refractivity contribution is 0.0564. The first-order valence-corrected chi connectivity index (χ1v) is 7.58. The third kappa shape index (κ3) is 3.45. The number of carbonyl (C=O) groups is 2. The van der Waals surface area contributed by atoms with Gasteiger partial charge in [0.05, 0.1) is 20.5 Å². The average molecular weight is 336 g/mol. The lowest BCUT2D eigenvalue weighted by Gasteiger charge is -2.04. The van der Waals surface area contributed by atoms with E-state index in [1.807, 2.05) is 30.3 Å². The van der Waals surface area contributed by atoms with E-state index in [2.05, 4.69) is 4.74 Å². The lowest BCUT2D eigenvalue weighted by Crippen LogP contribution is -2.01. The molecule has 0 radical (unpaired) electrons. The van der Waals surface area contributed by atoms with E-state index in [1.54, 1.807) is 19.2 Å². The largest absolute Gasteiger partial charge is 0.497 e. The van der Waals surface area contributed by atoms with E-state index in [0.717, 1.165) is 16.5 Å². The Morgan fingerprint density at radius 3 is 2.52 bits per heavy atom. The van der Waals surface area contributed by atoms with Crippen molar-refractivity contribution in [2.75, 3.05) is 14.2 Å². The summed E-state index contributed by atoms with van der Waals surface area (Å²) in [6.07, 6.45) is 4.32. The Labute approximate surface area is 144 Å². The van der Waals surface area contributed by atoms with Crippen molar-refractivity contribution in [1.29, 1.82) is 0 Å². The molecule has 3 rings (SSSR count). The summed E-state index contributed by atoms with van der Waals surface area (Å²) in [5.41, 5.74) is 1.04. The van der Waals surface area contributed by atoms with Gasteiger partial charge in [-0.15, -0.1) is 0 Å². The zero-order valence-corrected chi connectivity index (χ0v) is 13.8. The number of ketones is 1. The van der Waals surface area contributed by atoms with Gasteiger partial charge >= 0.3 is 5.97 Å². The first-order chi connectivity index (χ1) is 12.1.